The molecule has 0 saturated carbocycles. The number of thiazole rings is 1. The average Bonchev–Trinajstić information content (AvgIpc) is 3.11. The lowest BCUT2D eigenvalue weighted by molar-refractivity contribution is 0.100. The highest BCUT2D eigenvalue weighted by Crippen LogP contribution is 2.47. The van der Waals surface area contributed by atoms with E-state index >= 15 is 0 Å². The van der Waals surface area contributed by atoms with Crippen LogP contribution >= 0.6 is 11.3 Å². The van der Waals surface area contributed by atoms with Crippen molar-refractivity contribution in [3.05, 3.63) is 15.6 Å². The maximum atomic E-state index is 5.98. The third kappa shape index (κ3) is 1.66. The number of aryl methyl sites for hydroxylation is 1. The Morgan fingerprint density at radius 2 is 2.28 bits per heavy atom. The Morgan fingerprint density at radius 1 is 1.33 bits per heavy atom. The van der Waals surface area contributed by atoms with Gasteiger partial charge in [0.05, 0.1) is 29.0 Å². The fraction of sp³-hybridized carbons (Fsp3) is 0.786. The lowest BCUT2D eigenvalue weighted by Gasteiger charge is -2.20. The molecule has 1 aromatic rings. The molecule has 18 heavy (non-hydrogen) atoms. The molecule has 3 aliphatic rings. The first-order valence-corrected chi connectivity index (χ1v) is 7.99. The van der Waals surface area contributed by atoms with Gasteiger partial charge in [-0.25, -0.2) is 4.98 Å². The Kier molecular flexibility index (Phi) is 2.71. The molecule has 1 N–H and O–H groups in total. The molecule has 3 nitrogen and oxygen atoms in total. The predicted octanol–water partition coefficient (Wildman–Crippen LogP) is 2.77. The number of fused-ring (bicyclic) bond motifs is 3. The van der Waals surface area contributed by atoms with Crippen LogP contribution in [0, 0.1) is 0 Å². The summed E-state index contributed by atoms with van der Waals surface area (Å²) in [5, 5.41) is 4.77. The van der Waals surface area contributed by atoms with Crippen LogP contribution in [-0.4, -0.2) is 24.2 Å². The maximum Gasteiger partial charge on any atom is 0.0989 e. The van der Waals surface area contributed by atoms with E-state index in [1.165, 1.54) is 54.1 Å². The number of aromatic nitrogens is 1. The zero-order valence-corrected chi connectivity index (χ0v) is 11.6. The van der Waals surface area contributed by atoms with Crippen LogP contribution in [0.4, 0.5) is 0 Å². The van der Waals surface area contributed by atoms with Gasteiger partial charge in [-0.3, -0.25) is 0 Å². The summed E-state index contributed by atoms with van der Waals surface area (Å²) >= 11 is 1.96. The average molecular weight is 264 g/mol. The number of rotatable bonds is 2. The van der Waals surface area contributed by atoms with Crippen molar-refractivity contribution in [2.45, 2.75) is 62.7 Å². The Hall–Kier alpha value is -0.450. The van der Waals surface area contributed by atoms with Crippen molar-refractivity contribution in [1.29, 1.82) is 0 Å². The van der Waals surface area contributed by atoms with Crippen molar-refractivity contribution >= 4 is 11.3 Å². The van der Waals surface area contributed by atoms with Crippen LogP contribution < -0.4 is 5.32 Å². The van der Waals surface area contributed by atoms with Crippen molar-refractivity contribution in [2.75, 3.05) is 7.05 Å². The summed E-state index contributed by atoms with van der Waals surface area (Å²) in [5.41, 5.74) is 1.34. The van der Waals surface area contributed by atoms with Crippen LogP contribution in [-0.2, 0) is 11.2 Å². The molecule has 2 bridgehead atoms. The van der Waals surface area contributed by atoms with E-state index in [0.29, 0.717) is 24.2 Å². The van der Waals surface area contributed by atoms with Crippen molar-refractivity contribution in [2.24, 2.45) is 0 Å². The molecule has 4 rings (SSSR count). The monoisotopic (exact) mass is 264 g/mol. The minimum Gasteiger partial charge on any atom is -0.374 e. The number of hydrogen-bond acceptors (Lipinski definition) is 4. The Balaban J connectivity index is 1.65. The molecule has 0 spiro atoms. The van der Waals surface area contributed by atoms with Gasteiger partial charge >= 0.3 is 0 Å². The van der Waals surface area contributed by atoms with Gasteiger partial charge in [0.2, 0.25) is 0 Å². The van der Waals surface area contributed by atoms with E-state index < -0.39 is 0 Å². The summed E-state index contributed by atoms with van der Waals surface area (Å²) < 4.78 is 5.98. The summed E-state index contributed by atoms with van der Waals surface area (Å²) in [6.07, 6.45) is 8.48. The highest BCUT2D eigenvalue weighted by atomic mass is 32.1. The second-order valence-corrected chi connectivity index (χ2v) is 6.93. The minimum absolute atomic E-state index is 0.468. The van der Waals surface area contributed by atoms with Crippen molar-refractivity contribution in [3.63, 3.8) is 0 Å². The summed E-state index contributed by atoms with van der Waals surface area (Å²) in [5.74, 6) is 0.594. The van der Waals surface area contributed by atoms with Gasteiger partial charge in [-0.1, -0.05) is 0 Å². The summed E-state index contributed by atoms with van der Waals surface area (Å²) in [6, 6.07) is 0.484. The Morgan fingerprint density at radius 3 is 3.00 bits per heavy atom. The van der Waals surface area contributed by atoms with Crippen LogP contribution in [0.15, 0.2) is 0 Å². The molecule has 2 saturated heterocycles. The van der Waals surface area contributed by atoms with Crippen LogP contribution in [0.1, 0.15) is 59.6 Å². The number of hydrogen-bond donors (Lipinski definition) is 1. The number of nitrogens with zero attached hydrogens (tertiary/aromatic N) is 1. The van der Waals surface area contributed by atoms with Crippen molar-refractivity contribution < 1.29 is 4.74 Å². The molecular formula is C14H20N2OS. The maximum absolute atomic E-state index is 5.98. The number of nitrogens with one attached hydrogen (secondary N) is 1. The fourth-order valence-electron chi connectivity index (χ4n) is 3.77. The first-order chi connectivity index (χ1) is 8.85. The van der Waals surface area contributed by atoms with Gasteiger partial charge in [0, 0.05) is 10.8 Å². The number of ether oxygens (including phenoxy) is 1. The van der Waals surface area contributed by atoms with E-state index in [1.807, 2.05) is 11.3 Å². The van der Waals surface area contributed by atoms with Gasteiger partial charge in [0.25, 0.3) is 0 Å². The zero-order chi connectivity index (χ0) is 12.1. The van der Waals surface area contributed by atoms with E-state index in [0.717, 1.165) is 0 Å². The molecule has 4 heteroatoms. The highest BCUT2D eigenvalue weighted by Gasteiger charge is 2.43. The molecular weight excluding hydrogens is 244 g/mol. The first-order valence-electron chi connectivity index (χ1n) is 7.17. The first kappa shape index (κ1) is 11.4. The third-order valence-electron chi connectivity index (χ3n) is 4.74. The Labute approximate surface area is 112 Å². The van der Waals surface area contributed by atoms with Gasteiger partial charge in [-0.2, -0.15) is 0 Å². The van der Waals surface area contributed by atoms with E-state index in [9.17, 15) is 0 Å². The van der Waals surface area contributed by atoms with Crippen molar-refractivity contribution in [3.8, 4) is 0 Å². The predicted molar refractivity (Wildman–Crippen MR) is 72.1 cm³/mol. The molecule has 0 aromatic carbocycles. The lowest BCUT2D eigenvalue weighted by Crippen LogP contribution is -2.21. The molecule has 4 unspecified atom stereocenters. The highest BCUT2D eigenvalue weighted by molar-refractivity contribution is 7.11. The zero-order valence-electron chi connectivity index (χ0n) is 10.8. The SMILES string of the molecule is CNC1CCCc2sc(C3CC4CCC3O4)nc21. The van der Waals surface area contributed by atoms with Crippen LogP contribution in [0.25, 0.3) is 0 Å². The van der Waals surface area contributed by atoms with Gasteiger partial charge in [0.15, 0.2) is 0 Å². The molecule has 98 valence electrons. The van der Waals surface area contributed by atoms with Crippen LogP contribution in [0.3, 0.4) is 0 Å². The molecule has 1 aliphatic carbocycles. The van der Waals surface area contributed by atoms with Crippen LogP contribution in [0.5, 0.6) is 0 Å². The second kappa shape index (κ2) is 4.29. The normalized spacial score (nSPS) is 38.1. The van der Waals surface area contributed by atoms with E-state index in [1.54, 1.807) is 0 Å². The molecule has 2 aliphatic heterocycles. The quantitative estimate of drug-likeness (QED) is 0.892. The smallest absolute Gasteiger partial charge is 0.0989 e. The van der Waals surface area contributed by atoms with Gasteiger partial charge < -0.3 is 10.1 Å². The van der Waals surface area contributed by atoms with E-state index in [2.05, 4.69) is 12.4 Å². The summed E-state index contributed by atoms with van der Waals surface area (Å²) in [7, 11) is 2.05. The molecule has 2 fully saturated rings. The molecule has 0 radical (unpaired) electrons. The lowest BCUT2D eigenvalue weighted by atomic mass is 9.89. The second-order valence-electron chi connectivity index (χ2n) is 5.81. The summed E-state index contributed by atoms with van der Waals surface area (Å²) in [4.78, 5) is 6.51. The third-order valence-corrected chi connectivity index (χ3v) is 6.01. The van der Waals surface area contributed by atoms with E-state index in [-0.39, 0.29) is 0 Å². The van der Waals surface area contributed by atoms with Crippen molar-refractivity contribution in [1.82, 2.24) is 10.3 Å². The molecule has 1 aromatic heterocycles. The molecule has 4 atom stereocenters. The fourth-order valence-corrected chi connectivity index (χ4v) is 5.11. The van der Waals surface area contributed by atoms with Gasteiger partial charge in [0.1, 0.15) is 0 Å². The standard InChI is InChI=1S/C14H20N2OS/c1-15-10-3-2-4-12-13(10)16-14(18-12)9-7-8-5-6-11(9)17-8/h8-11,15H,2-7H2,1H3. The van der Waals surface area contributed by atoms with E-state index in [4.69, 9.17) is 9.72 Å². The minimum atomic E-state index is 0.468. The topological polar surface area (TPSA) is 34.1 Å². The largest absolute Gasteiger partial charge is 0.374 e. The molecule has 3 heterocycles. The Bertz CT molecular complexity index is 459. The molecule has 0 amide bonds. The van der Waals surface area contributed by atoms with Crippen LogP contribution in [0.2, 0.25) is 0 Å². The summed E-state index contributed by atoms with van der Waals surface area (Å²) in [6.45, 7) is 0. The van der Waals surface area contributed by atoms with Gasteiger partial charge in [-0.05, 0) is 45.6 Å². The van der Waals surface area contributed by atoms with Gasteiger partial charge in [-0.15, -0.1) is 11.3 Å².